The molecule has 5 nitrogen and oxygen atoms in total. The first-order valence-electron chi connectivity index (χ1n) is 8.10. The first-order chi connectivity index (χ1) is 12.0. The molecule has 0 aliphatic carbocycles. The molecule has 0 saturated heterocycles. The molecule has 2 aromatic carbocycles. The lowest BCUT2D eigenvalue weighted by atomic mass is 9.99. The molecule has 0 spiro atoms. The SMILES string of the molecule is CCc1nc2ccccc2c(C)c1C(=O)Nc1ccc(C(N)=O)cc1. The molecule has 3 aromatic rings. The van der Waals surface area contributed by atoms with Crippen LogP contribution in [0.3, 0.4) is 0 Å². The monoisotopic (exact) mass is 333 g/mol. The number of benzene rings is 2. The molecule has 0 aliphatic rings. The maximum Gasteiger partial charge on any atom is 0.257 e. The Balaban J connectivity index is 1.98. The molecule has 1 heterocycles. The van der Waals surface area contributed by atoms with Gasteiger partial charge in [0, 0.05) is 16.6 Å². The van der Waals surface area contributed by atoms with E-state index >= 15 is 0 Å². The van der Waals surface area contributed by atoms with E-state index in [0.717, 1.165) is 22.2 Å². The number of carbonyl (C=O) groups excluding carboxylic acids is 2. The molecular weight excluding hydrogens is 314 g/mol. The summed E-state index contributed by atoms with van der Waals surface area (Å²) in [6, 6.07) is 14.3. The fourth-order valence-electron chi connectivity index (χ4n) is 2.91. The Morgan fingerprint density at radius 1 is 1.08 bits per heavy atom. The lowest BCUT2D eigenvalue weighted by Gasteiger charge is -2.14. The number of primary amides is 1. The summed E-state index contributed by atoms with van der Waals surface area (Å²) >= 11 is 0. The van der Waals surface area contributed by atoms with Crippen LogP contribution in [-0.2, 0) is 6.42 Å². The Morgan fingerprint density at radius 3 is 2.40 bits per heavy atom. The summed E-state index contributed by atoms with van der Waals surface area (Å²) in [7, 11) is 0. The lowest BCUT2D eigenvalue weighted by molar-refractivity contribution is 0.0998. The van der Waals surface area contributed by atoms with Gasteiger partial charge in [-0.05, 0) is 49.2 Å². The van der Waals surface area contributed by atoms with Crippen LogP contribution in [0.15, 0.2) is 48.5 Å². The number of para-hydroxylation sites is 1. The van der Waals surface area contributed by atoms with E-state index in [9.17, 15) is 9.59 Å². The summed E-state index contributed by atoms with van der Waals surface area (Å²) in [6.07, 6.45) is 0.662. The fourth-order valence-corrected chi connectivity index (χ4v) is 2.91. The van der Waals surface area contributed by atoms with Crippen LogP contribution in [-0.4, -0.2) is 16.8 Å². The normalized spacial score (nSPS) is 10.6. The highest BCUT2D eigenvalue weighted by Crippen LogP contribution is 2.24. The molecule has 0 radical (unpaired) electrons. The molecule has 0 saturated carbocycles. The van der Waals surface area contributed by atoms with Crippen LogP contribution in [0.25, 0.3) is 10.9 Å². The van der Waals surface area contributed by atoms with E-state index in [2.05, 4.69) is 10.3 Å². The number of amides is 2. The molecule has 2 amide bonds. The summed E-state index contributed by atoms with van der Waals surface area (Å²) in [6.45, 7) is 3.92. The average Bonchev–Trinajstić information content (AvgIpc) is 2.61. The predicted molar refractivity (Wildman–Crippen MR) is 98.8 cm³/mol. The van der Waals surface area contributed by atoms with Gasteiger partial charge in [-0.1, -0.05) is 25.1 Å². The summed E-state index contributed by atoms with van der Waals surface area (Å²) in [4.78, 5) is 28.6. The number of hydrogen-bond acceptors (Lipinski definition) is 3. The number of pyridine rings is 1. The third kappa shape index (κ3) is 3.21. The maximum absolute atomic E-state index is 12.8. The highest BCUT2D eigenvalue weighted by molar-refractivity contribution is 6.08. The van der Waals surface area contributed by atoms with E-state index in [4.69, 9.17) is 5.73 Å². The molecule has 0 atom stereocenters. The standard InChI is InChI=1S/C20H19N3O2/c1-3-16-18(12(2)15-6-4-5-7-17(15)23-16)20(25)22-14-10-8-13(9-11-14)19(21)24/h4-11H,3H2,1-2H3,(H2,21,24)(H,22,25). The fraction of sp³-hybridized carbons (Fsp3) is 0.150. The highest BCUT2D eigenvalue weighted by atomic mass is 16.2. The van der Waals surface area contributed by atoms with Gasteiger partial charge in [-0.15, -0.1) is 0 Å². The molecule has 0 aliphatic heterocycles. The number of nitrogens with zero attached hydrogens (tertiary/aromatic N) is 1. The third-order valence-corrected chi connectivity index (χ3v) is 4.22. The minimum absolute atomic E-state index is 0.209. The Morgan fingerprint density at radius 2 is 1.76 bits per heavy atom. The van der Waals surface area contributed by atoms with Crippen molar-refractivity contribution in [3.63, 3.8) is 0 Å². The van der Waals surface area contributed by atoms with Crippen molar-refractivity contribution in [2.24, 2.45) is 5.73 Å². The molecular formula is C20H19N3O2. The maximum atomic E-state index is 12.8. The van der Waals surface area contributed by atoms with Crippen LogP contribution < -0.4 is 11.1 Å². The summed E-state index contributed by atoms with van der Waals surface area (Å²) in [5.41, 5.74) is 9.40. The van der Waals surface area contributed by atoms with Crippen LogP contribution in [0.2, 0.25) is 0 Å². The van der Waals surface area contributed by atoms with Crippen LogP contribution in [0.5, 0.6) is 0 Å². The van der Waals surface area contributed by atoms with Gasteiger partial charge in [-0.25, -0.2) is 0 Å². The minimum Gasteiger partial charge on any atom is -0.366 e. The van der Waals surface area contributed by atoms with Crippen molar-refractivity contribution in [3.8, 4) is 0 Å². The van der Waals surface area contributed by atoms with Gasteiger partial charge in [0.15, 0.2) is 0 Å². The van der Waals surface area contributed by atoms with Crippen LogP contribution in [0.4, 0.5) is 5.69 Å². The second-order valence-corrected chi connectivity index (χ2v) is 5.82. The Hall–Kier alpha value is -3.21. The lowest BCUT2D eigenvalue weighted by Crippen LogP contribution is -2.17. The smallest absolute Gasteiger partial charge is 0.257 e. The number of aryl methyl sites for hydroxylation is 2. The molecule has 3 N–H and O–H groups in total. The van der Waals surface area contributed by atoms with Crippen molar-refractivity contribution in [3.05, 3.63) is 70.9 Å². The predicted octanol–water partition coefficient (Wildman–Crippen LogP) is 3.46. The van der Waals surface area contributed by atoms with E-state index < -0.39 is 5.91 Å². The summed E-state index contributed by atoms with van der Waals surface area (Å²) < 4.78 is 0. The zero-order valence-electron chi connectivity index (χ0n) is 14.2. The molecule has 1 aromatic heterocycles. The van der Waals surface area contributed by atoms with Gasteiger partial charge in [0.05, 0.1) is 16.8 Å². The van der Waals surface area contributed by atoms with E-state index in [-0.39, 0.29) is 5.91 Å². The zero-order chi connectivity index (χ0) is 18.0. The van der Waals surface area contributed by atoms with Crippen LogP contribution in [0, 0.1) is 6.92 Å². The quantitative estimate of drug-likeness (QED) is 0.767. The van der Waals surface area contributed by atoms with Gasteiger partial charge in [-0.3, -0.25) is 14.6 Å². The van der Waals surface area contributed by atoms with Gasteiger partial charge in [0.1, 0.15) is 0 Å². The van der Waals surface area contributed by atoms with Gasteiger partial charge >= 0.3 is 0 Å². The van der Waals surface area contributed by atoms with Crippen molar-refractivity contribution < 1.29 is 9.59 Å². The number of carbonyl (C=O) groups is 2. The van der Waals surface area contributed by atoms with Crippen molar-refractivity contribution in [2.75, 3.05) is 5.32 Å². The van der Waals surface area contributed by atoms with Gasteiger partial charge in [0.25, 0.3) is 5.91 Å². The van der Waals surface area contributed by atoms with Crippen LogP contribution in [0.1, 0.15) is 38.9 Å². The van der Waals surface area contributed by atoms with Gasteiger partial charge in [-0.2, -0.15) is 0 Å². The van der Waals surface area contributed by atoms with E-state index in [0.29, 0.717) is 23.2 Å². The van der Waals surface area contributed by atoms with Crippen molar-refractivity contribution in [1.29, 1.82) is 0 Å². The van der Waals surface area contributed by atoms with Crippen molar-refractivity contribution in [1.82, 2.24) is 4.98 Å². The molecule has 0 fully saturated rings. The van der Waals surface area contributed by atoms with Gasteiger partial charge in [0.2, 0.25) is 5.91 Å². The van der Waals surface area contributed by atoms with Gasteiger partial charge < -0.3 is 11.1 Å². The summed E-state index contributed by atoms with van der Waals surface area (Å²) in [5.74, 6) is -0.708. The minimum atomic E-state index is -0.499. The number of hydrogen-bond donors (Lipinski definition) is 2. The van der Waals surface area contributed by atoms with E-state index in [1.54, 1.807) is 24.3 Å². The average molecular weight is 333 g/mol. The number of anilines is 1. The Labute approximate surface area is 145 Å². The topological polar surface area (TPSA) is 85.1 Å². The molecule has 5 heteroatoms. The second-order valence-electron chi connectivity index (χ2n) is 5.82. The third-order valence-electron chi connectivity index (χ3n) is 4.22. The number of aromatic nitrogens is 1. The number of rotatable bonds is 4. The first-order valence-corrected chi connectivity index (χ1v) is 8.10. The van der Waals surface area contributed by atoms with E-state index in [1.165, 1.54) is 0 Å². The molecule has 0 bridgehead atoms. The van der Waals surface area contributed by atoms with Crippen molar-refractivity contribution in [2.45, 2.75) is 20.3 Å². The van der Waals surface area contributed by atoms with Crippen molar-refractivity contribution >= 4 is 28.4 Å². The second kappa shape index (κ2) is 6.73. The molecule has 126 valence electrons. The zero-order valence-corrected chi connectivity index (χ0v) is 14.2. The molecule has 25 heavy (non-hydrogen) atoms. The summed E-state index contributed by atoms with van der Waals surface area (Å²) in [5, 5.41) is 3.84. The largest absolute Gasteiger partial charge is 0.366 e. The van der Waals surface area contributed by atoms with Crippen LogP contribution >= 0.6 is 0 Å². The number of nitrogens with two attached hydrogens (primary N) is 1. The number of nitrogens with one attached hydrogen (secondary N) is 1. The highest BCUT2D eigenvalue weighted by Gasteiger charge is 2.18. The molecule has 0 unspecified atom stereocenters. The first kappa shape index (κ1) is 16.6. The van der Waals surface area contributed by atoms with E-state index in [1.807, 2.05) is 38.1 Å². The molecule has 3 rings (SSSR count). The Bertz CT molecular complexity index is 963. The Kier molecular flexibility index (Phi) is 4.48. The number of fused-ring (bicyclic) bond motifs is 1.